The fraction of sp³-hybridized carbons (Fsp3) is 0.250. The molecular formula is C24H26N2O6S. The number of carbonyl (C=O) groups is 2. The fourth-order valence-corrected chi connectivity index (χ4v) is 4.10. The topological polar surface area (TPSA) is 106 Å². The summed E-state index contributed by atoms with van der Waals surface area (Å²) < 4.78 is 35.6. The molecule has 2 aromatic carbocycles. The minimum Gasteiger partial charge on any atom is -0.459 e. The maximum atomic E-state index is 12.7. The number of furan rings is 1. The summed E-state index contributed by atoms with van der Waals surface area (Å²) in [5.41, 5.74) is 1.31. The van der Waals surface area contributed by atoms with E-state index in [1.807, 2.05) is 13.8 Å². The molecule has 0 spiro atoms. The van der Waals surface area contributed by atoms with Crippen LogP contribution in [0.25, 0.3) is 0 Å². The minimum absolute atomic E-state index is 0.0344. The highest BCUT2D eigenvalue weighted by Gasteiger charge is 2.20. The van der Waals surface area contributed by atoms with E-state index in [0.717, 1.165) is 5.56 Å². The molecule has 174 valence electrons. The summed E-state index contributed by atoms with van der Waals surface area (Å²) >= 11 is 0. The van der Waals surface area contributed by atoms with Crippen molar-refractivity contribution in [3.05, 3.63) is 78.3 Å². The summed E-state index contributed by atoms with van der Waals surface area (Å²) in [4.78, 5) is 25.5. The molecule has 0 radical (unpaired) electrons. The van der Waals surface area contributed by atoms with Crippen LogP contribution >= 0.6 is 0 Å². The van der Waals surface area contributed by atoms with Gasteiger partial charge in [0.05, 0.1) is 6.26 Å². The van der Waals surface area contributed by atoms with Gasteiger partial charge >= 0.3 is 10.1 Å². The van der Waals surface area contributed by atoms with Crippen LogP contribution in [0.15, 0.2) is 76.2 Å². The van der Waals surface area contributed by atoms with Crippen molar-refractivity contribution in [1.82, 2.24) is 4.90 Å². The number of hydrogen-bond donors (Lipinski definition) is 1. The Morgan fingerprint density at radius 1 is 1.03 bits per heavy atom. The van der Waals surface area contributed by atoms with E-state index in [2.05, 4.69) is 5.32 Å². The van der Waals surface area contributed by atoms with Crippen molar-refractivity contribution in [2.75, 3.05) is 11.9 Å². The largest absolute Gasteiger partial charge is 0.459 e. The monoisotopic (exact) mass is 470 g/mol. The Kier molecular flexibility index (Phi) is 7.55. The smallest absolute Gasteiger partial charge is 0.339 e. The van der Waals surface area contributed by atoms with Gasteiger partial charge in [-0.15, -0.1) is 0 Å². The summed E-state index contributed by atoms with van der Waals surface area (Å²) in [6.45, 7) is 6.29. The summed E-state index contributed by atoms with van der Waals surface area (Å²) in [6, 6.07) is 15.5. The molecule has 0 saturated carbocycles. The lowest BCUT2D eigenvalue weighted by molar-refractivity contribution is -0.114. The third kappa shape index (κ3) is 6.69. The molecule has 33 heavy (non-hydrogen) atoms. The molecule has 2 amide bonds. The van der Waals surface area contributed by atoms with Gasteiger partial charge in [0.25, 0.3) is 5.91 Å². The normalized spacial score (nSPS) is 11.3. The molecule has 3 aromatic rings. The Bertz CT molecular complexity index is 1180. The van der Waals surface area contributed by atoms with Crippen LogP contribution in [0.4, 0.5) is 5.69 Å². The summed E-state index contributed by atoms with van der Waals surface area (Å²) in [6.07, 6.45) is 1.46. The van der Waals surface area contributed by atoms with Crippen LogP contribution in [0.3, 0.4) is 0 Å². The number of carbonyl (C=O) groups excluding carboxylic acids is 2. The number of rotatable bonds is 9. The van der Waals surface area contributed by atoms with Crippen LogP contribution in [0.2, 0.25) is 0 Å². The van der Waals surface area contributed by atoms with Gasteiger partial charge in [-0.25, -0.2) is 0 Å². The lowest BCUT2D eigenvalue weighted by atomic mass is 10.1. The quantitative estimate of drug-likeness (QED) is 0.467. The number of amides is 2. The molecule has 0 fully saturated rings. The fourth-order valence-electron chi connectivity index (χ4n) is 3.17. The molecular weight excluding hydrogens is 444 g/mol. The molecule has 1 N–H and O–H groups in total. The first-order valence-corrected chi connectivity index (χ1v) is 11.8. The van der Waals surface area contributed by atoms with Crippen LogP contribution in [-0.4, -0.2) is 31.7 Å². The highest BCUT2D eigenvalue weighted by molar-refractivity contribution is 7.87. The van der Waals surface area contributed by atoms with E-state index in [0.29, 0.717) is 18.8 Å². The van der Waals surface area contributed by atoms with Crippen molar-refractivity contribution in [2.24, 2.45) is 5.92 Å². The van der Waals surface area contributed by atoms with Gasteiger partial charge in [0.1, 0.15) is 10.6 Å². The minimum atomic E-state index is -4.04. The molecule has 1 aromatic heterocycles. The van der Waals surface area contributed by atoms with Crippen molar-refractivity contribution >= 4 is 27.6 Å². The Balaban J connectivity index is 1.69. The van der Waals surface area contributed by atoms with Crippen LogP contribution in [0.5, 0.6) is 5.75 Å². The first-order chi connectivity index (χ1) is 15.6. The Morgan fingerprint density at radius 3 is 2.24 bits per heavy atom. The summed E-state index contributed by atoms with van der Waals surface area (Å²) in [5.74, 6) is 0.219. The van der Waals surface area contributed by atoms with E-state index in [9.17, 15) is 18.0 Å². The molecule has 0 unspecified atom stereocenters. The number of hydrogen-bond acceptors (Lipinski definition) is 6. The molecule has 0 aliphatic rings. The van der Waals surface area contributed by atoms with Crippen LogP contribution in [0, 0.1) is 5.92 Å². The van der Waals surface area contributed by atoms with Gasteiger partial charge in [0.15, 0.2) is 5.76 Å². The van der Waals surface area contributed by atoms with Gasteiger partial charge in [-0.1, -0.05) is 26.0 Å². The van der Waals surface area contributed by atoms with Crippen molar-refractivity contribution in [3.8, 4) is 5.75 Å². The lowest BCUT2D eigenvalue weighted by Gasteiger charge is -2.24. The van der Waals surface area contributed by atoms with E-state index >= 15 is 0 Å². The second kappa shape index (κ2) is 10.4. The first-order valence-electron chi connectivity index (χ1n) is 10.4. The SMILES string of the molecule is CC(=O)Nc1ccc(S(=O)(=O)Oc2ccc(CN(CC(C)C)C(=O)c3ccco3)cc2)cc1. The maximum Gasteiger partial charge on any atom is 0.339 e. The second-order valence-corrected chi connectivity index (χ2v) is 9.49. The zero-order chi connectivity index (χ0) is 24.0. The van der Waals surface area contributed by atoms with Crippen LogP contribution in [-0.2, 0) is 21.5 Å². The number of anilines is 1. The van der Waals surface area contributed by atoms with E-state index in [1.165, 1.54) is 37.5 Å². The van der Waals surface area contributed by atoms with Gasteiger partial charge in [-0.05, 0) is 60.0 Å². The molecule has 3 rings (SSSR count). The molecule has 9 heteroatoms. The van der Waals surface area contributed by atoms with Crippen molar-refractivity contribution in [1.29, 1.82) is 0 Å². The summed E-state index contributed by atoms with van der Waals surface area (Å²) in [7, 11) is -4.04. The number of benzene rings is 2. The van der Waals surface area contributed by atoms with Crippen LogP contribution < -0.4 is 9.50 Å². The average molecular weight is 471 g/mol. The van der Waals surface area contributed by atoms with Crippen molar-refractivity contribution in [3.63, 3.8) is 0 Å². The molecule has 8 nitrogen and oxygen atoms in total. The van der Waals surface area contributed by atoms with E-state index in [-0.39, 0.29) is 34.1 Å². The molecule has 0 atom stereocenters. The highest BCUT2D eigenvalue weighted by atomic mass is 32.2. The van der Waals surface area contributed by atoms with E-state index in [1.54, 1.807) is 41.3 Å². The molecule has 0 aliphatic carbocycles. The zero-order valence-corrected chi connectivity index (χ0v) is 19.5. The number of nitrogens with zero attached hydrogens (tertiary/aromatic N) is 1. The van der Waals surface area contributed by atoms with Crippen molar-refractivity contribution in [2.45, 2.75) is 32.2 Å². The third-order valence-corrected chi connectivity index (χ3v) is 5.83. The Morgan fingerprint density at radius 2 is 1.70 bits per heavy atom. The van der Waals surface area contributed by atoms with Gasteiger partial charge in [-0.3, -0.25) is 9.59 Å². The third-order valence-electron chi connectivity index (χ3n) is 4.57. The van der Waals surface area contributed by atoms with E-state index in [4.69, 9.17) is 8.60 Å². The second-order valence-electron chi connectivity index (χ2n) is 7.94. The summed E-state index contributed by atoms with van der Waals surface area (Å²) in [5, 5.41) is 2.57. The predicted molar refractivity (Wildman–Crippen MR) is 123 cm³/mol. The number of nitrogens with one attached hydrogen (secondary N) is 1. The zero-order valence-electron chi connectivity index (χ0n) is 18.6. The first kappa shape index (κ1) is 24.1. The Hall–Kier alpha value is -3.59. The van der Waals surface area contributed by atoms with Gasteiger partial charge in [-0.2, -0.15) is 8.42 Å². The molecule has 0 bridgehead atoms. The van der Waals surface area contributed by atoms with E-state index < -0.39 is 10.1 Å². The maximum absolute atomic E-state index is 12.7. The van der Waals surface area contributed by atoms with Gasteiger partial charge < -0.3 is 18.8 Å². The molecule has 0 aliphatic heterocycles. The van der Waals surface area contributed by atoms with Gasteiger partial charge in [0.2, 0.25) is 5.91 Å². The van der Waals surface area contributed by atoms with Crippen LogP contribution in [0.1, 0.15) is 36.9 Å². The highest BCUT2D eigenvalue weighted by Crippen LogP contribution is 2.22. The lowest BCUT2D eigenvalue weighted by Crippen LogP contribution is -2.33. The van der Waals surface area contributed by atoms with Gasteiger partial charge in [0, 0.05) is 25.7 Å². The Labute approximate surface area is 193 Å². The average Bonchev–Trinajstić information content (AvgIpc) is 3.28. The molecule has 0 saturated heterocycles. The van der Waals surface area contributed by atoms with Crippen molar-refractivity contribution < 1.29 is 26.6 Å². The predicted octanol–water partition coefficient (Wildman–Crippen LogP) is 4.30. The standard InChI is InChI=1S/C24H26N2O6S/c1-17(2)15-26(24(28)23-5-4-14-31-23)16-19-6-10-21(11-7-19)32-33(29,30)22-12-8-20(9-13-22)25-18(3)27/h4-14,17H,15-16H2,1-3H3,(H,25,27). The molecule has 1 heterocycles.